The summed E-state index contributed by atoms with van der Waals surface area (Å²) in [6.45, 7) is 6.70. The minimum absolute atomic E-state index is 0.0681. The standard InChI is InChI=1S/C72H136O6/c1-4-7-10-13-16-19-22-25-28-31-32-33-34-35-36-37-38-39-42-44-47-50-53-56-59-62-65-71(74)77-68-69(78-72(75)66-63-60-57-54-51-48-45-41-30-27-24-21-18-15-12-9-6-3)67-76-70(73)64-61-58-55-52-49-46-43-40-29-26-23-20-17-14-11-8-5-2/h18,21,27,30,69H,4-17,19-20,22-26,28-29,31-68H2,1-3H3/b21-18-,30-27-. The molecule has 0 amide bonds. The molecule has 0 aromatic rings. The van der Waals surface area contributed by atoms with Crippen molar-refractivity contribution >= 4 is 17.9 Å². The van der Waals surface area contributed by atoms with Gasteiger partial charge in [0.15, 0.2) is 6.10 Å². The maximum Gasteiger partial charge on any atom is 0.306 e. The van der Waals surface area contributed by atoms with Crippen LogP contribution in [0.4, 0.5) is 0 Å². The first-order chi connectivity index (χ1) is 38.5. The van der Waals surface area contributed by atoms with Crippen LogP contribution in [0.1, 0.15) is 400 Å². The molecular weight excluding hydrogens is 961 g/mol. The van der Waals surface area contributed by atoms with Crippen molar-refractivity contribution in [2.45, 2.75) is 406 Å². The van der Waals surface area contributed by atoms with Crippen molar-refractivity contribution in [3.05, 3.63) is 24.3 Å². The summed E-state index contributed by atoms with van der Waals surface area (Å²) in [5.74, 6) is -0.843. The minimum atomic E-state index is -0.772. The Bertz CT molecular complexity index is 1260. The zero-order valence-corrected chi connectivity index (χ0v) is 53.0. The van der Waals surface area contributed by atoms with Crippen LogP contribution in [-0.4, -0.2) is 37.2 Å². The molecule has 6 nitrogen and oxygen atoms in total. The Morgan fingerprint density at radius 1 is 0.256 bits per heavy atom. The van der Waals surface area contributed by atoms with E-state index in [9.17, 15) is 14.4 Å². The fraction of sp³-hybridized carbons (Fsp3) is 0.903. The topological polar surface area (TPSA) is 78.9 Å². The van der Waals surface area contributed by atoms with E-state index in [0.29, 0.717) is 19.3 Å². The van der Waals surface area contributed by atoms with Gasteiger partial charge in [-0.25, -0.2) is 0 Å². The molecule has 6 heteroatoms. The summed E-state index contributed by atoms with van der Waals surface area (Å²) in [6.07, 6.45) is 82.0. The molecule has 0 saturated heterocycles. The first-order valence-electron chi connectivity index (χ1n) is 35.3. The van der Waals surface area contributed by atoms with Crippen molar-refractivity contribution in [3.8, 4) is 0 Å². The van der Waals surface area contributed by atoms with Crippen LogP contribution in [0.15, 0.2) is 24.3 Å². The van der Waals surface area contributed by atoms with Gasteiger partial charge in [0.05, 0.1) is 0 Å². The third-order valence-corrected chi connectivity index (χ3v) is 16.2. The lowest BCUT2D eigenvalue weighted by Crippen LogP contribution is -2.30. The molecule has 460 valence electrons. The molecule has 0 aliphatic heterocycles. The number of ether oxygens (including phenoxy) is 3. The van der Waals surface area contributed by atoms with Crippen LogP contribution >= 0.6 is 0 Å². The number of esters is 3. The number of carbonyl (C=O) groups excluding carboxylic acids is 3. The second kappa shape index (κ2) is 67.4. The molecule has 0 aliphatic carbocycles. The van der Waals surface area contributed by atoms with Crippen molar-refractivity contribution in [1.82, 2.24) is 0 Å². The van der Waals surface area contributed by atoms with E-state index in [-0.39, 0.29) is 31.1 Å². The first-order valence-corrected chi connectivity index (χ1v) is 35.3. The highest BCUT2D eigenvalue weighted by molar-refractivity contribution is 5.71. The van der Waals surface area contributed by atoms with E-state index in [1.54, 1.807) is 0 Å². The first kappa shape index (κ1) is 75.9. The largest absolute Gasteiger partial charge is 0.462 e. The molecule has 0 N–H and O–H groups in total. The maximum atomic E-state index is 12.9. The Hall–Kier alpha value is -2.11. The van der Waals surface area contributed by atoms with Crippen molar-refractivity contribution < 1.29 is 28.6 Å². The molecule has 1 unspecified atom stereocenters. The average Bonchev–Trinajstić information content (AvgIpc) is 3.44. The van der Waals surface area contributed by atoms with Crippen LogP contribution in [0.5, 0.6) is 0 Å². The Kier molecular flexibility index (Phi) is 65.6. The van der Waals surface area contributed by atoms with Crippen molar-refractivity contribution in [3.63, 3.8) is 0 Å². The smallest absolute Gasteiger partial charge is 0.306 e. The third kappa shape index (κ3) is 64.7. The molecular formula is C72H136O6. The van der Waals surface area contributed by atoms with Crippen LogP contribution in [-0.2, 0) is 28.6 Å². The van der Waals surface area contributed by atoms with Crippen molar-refractivity contribution in [1.29, 1.82) is 0 Å². The number of hydrogen-bond acceptors (Lipinski definition) is 6. The zero-order chi connectivity index (χ0) is 56.4. The highest BCUT2D eigenvalue weighted by atomic mass is 16.6. The Labute approximate surface area is 487 Å². The quantitative estimate of drug-likeness (QED) is 0.0261. The molecule has 0 aromatic carbocycles. The van der Waals surface area contributed by atoms with Gasteiger partial charge >= 0.3 is 17.9 Å². The fourth-order valence-electron chi connectivity index (χ4n) is 10.9. The summed E-state index contributed by atoms with van der Waals surface area (Å²) >= 11 is 0. The number of unbranched alkanes of at least 4 members (excludes halogenated alkanes) is 51. The molecule has 0 radical (unpaired) electrons. The number of carbonyl (C=O) groups is 3. The molecule has 0 aromatic heterocycles. The summed E-state index contributed by atoms with van der Waals surface area (Å²) in [5.41, 5.74) is 0. The van der Waals surface area contributed by atoms with E-state index in [1.165, 1.54) is 289 Å². The number of allylic oxidation sites excluding steroid dienone is 4. The Balaban J connectivity index is 4.24. The van der Waals surface area contributed by atoms with Gasteiger partial charge in [0.1, 0.15) is 13.2 Å². The van der Waals surface area contributed by atoms with E-state index >= 15 is 0 Å². The highest BCUT2D eigenvalue weighted by Gasteiger charge is 2.19. The summed E-state index contributed by atoms with van der Waals surface area (Å²) in [4.78, 5) is 38.4. The van der Waals surface area contributed by atoms with Gasteiger partial charge in [0.2, 0.25) is 0 Å². The molecule has 0 fully saturated rings. The summed E-state index contributed by atoms with van der Waals surface area (Å²) < 4.78 is 17.0. The molecule has 1 atom stereocenters. The monoisotopic (exact) mass is 1100 g/mol. The van der Waals surface area contributed by atoms with Gasteiger partial charge in [0.25, 0.3) is 0 Å². The SMILES string of the molecule is CCCCC/C=C\C/C=C\CCCCCCCCCC(=O)OC(COC(=O)CCCCCCCCCCCCCCCCCCC)COC(=O)CCCCCCCCCCCCCCCCCCCCCCCCCCCC. The van der Waals surface area contributed by atoms with Gasteiger partial charge in [-0.2, -0.15) is 0 Å². The molecule has 0 aliphatic rings. The van der Waals surface area contributed by atoms with Crippen LogP contribution in [0.3, 0.4) is 0 Å². The summed E-state index contributed by atoms with van der Waals surface area (Å²) in [7, 11) is 0. The van der Waals surface area contributed by atoms with E-state index < -0.39 is 6.10 Å². The van der Waals surface area contributed by atoms with Gasteiger partial charge < -0.3 is 14.2 Å². The molecule has 78 heavy (non-hydrogen) atoms. The van der Waals surface area contributed by atoms with Crippen molar-refractivity contribution in [2.24, 2.45) is 0 Å². The van der Waals surface area contributed by atoms with E-state index in [4.69, 9.17) is 14.2 Å². The number of hydrogen-bond donors (Lipinski definition) is 0. The Morgan fingerprint density at radius 2 is 0.462 bits per heavy atom. The predicted molar refractivity (Wildman–Crippen MR) is 340 cm³/mol. The molecule has 0 spiro atoms. The second-order valence-electron chi connectivity index (χ2n) is 24.2. The number of rotatable bonds is 66. The maximum absolute atomic E-state index is 12.9. The third-order valence-electron chi connectivity index (χ3n) is 16.2. The zero-order valence-electron chi connectivity index (χ0n) is 53.0. The molecule has 0 heterocycles. The predicted octanol–water partition coefficient (Wildman–Crippen LogP) is 24.2. The lowest BCUT2D eigenvalue weighted by Gasteiger charge is -2.18. The highest BCUT2D eigenvalue weighted by Crippen LogP contribution is 2.19. The molecule has 0 saturated carbocycles. The lowest BCUT2D eigenvalue weighted by molar-refractivity contribution is -0.167. The molecule has 0 bridgehead atoms. The van der Waals surface area contributed by atoms with Gasteiger partial charge in [0, 0.05) is 19.3 Å². The minimum Gasteiger partial charge on any atom is -0.462 e. The van der Waals surface area contributed by atoms with Gasteiger partial charge in [-0.15, -0.1) is 0 Å². The van der Waals surface area contributed by atoms with E-state index in [1.807, 2.05) is 0 Å². The van der Waals surface area contributed by atoms with Crippen LogP contribution in [0.25, 0.3) is 0 Å². The van der Waals surface area contributed by atoms with Crippen LogP contribution in [0, 0.1) is 0 Å². The van der Waals surface area contributed by atoms with E-state index in [0.717, 1.165) is 70.6 Å². The van der Waals surface area contributed by atoms with Gasteiger partial charge in [-0.05, 0) is 51.4 Å². The Morgan fingerprint density at radius 3 is 0.731 bits per heavy atom. The average molecular weight is 1100 g/mol. The van der Waals surface area contributed by atoms with Crippen LogP contribution in [0.2, 0.25) is 0 Å². The summed E-state index contributed by atoms with van der Waals surface area (Å²) in [5, 5.41) is 0. The van der Waals surface area contributed by atoms with Gasteiger partial charge in [-0.1, -0.05) is 353 Å². The molecule has 0 rings (SSSR count). The van der Waals surface area contributed by atoms with Crippen LogP contribution < -0.4 is 0 Å². The fourth-order valence-corrected chi connectivity index (χ4v) is 10.9. The summed E-state index contributed by atoms with van der Waals surface area (Å²) in [6, 6.07) is 0. The lowest BCUT2D eigenvalue weighted by atomic mass is 10.0. The second-order valence-corrected chi connectivity index (χ2v) is 24.2. The van der Waals surface area contributed by atoms with Gasteiger partial charge in [-0.3, -0.25) is 14.4 Å². The van der Waals surface area contributed by atoms with Crippen molar-refractivity contribution in [2.75, 3.05) is 13.2 Å². The van der Waals surface area contributed by atoms with E-state index in [2.05, 4.69) is 45.1 Å². The normalized spacial score (nSPS) is 12.1.